The lowest BCUT2D eigenvalue weighted by atomic mass is 10.1. The van der Waals surface area contributed by atoms with Crippen molar-refractivity contribution in [1.82, 2.24) is 29.6 Å². The Hall–Kier alpha value is -3.70. The fourth-order valence-electron chi connectivity index (χ4n) is 3.99. The first kappa shape index (κ1) is 25.9. The van der Waals surface area contributed by atoms with Crippen LogP contribution in [0.4, 0.5) is 16.3 Å². The van der Waals surface area contributed by atoms with Crippen LogP contribution in [0.5, 0.6) is 0 Å². The summed E-state index contributed by atoms with van der Waals surface area (Å²) in [5, 5.41) is 28.5. The van der Waals surface area contributed by atoms with E-state index in [0.717, 1.165) is 12.8 Å². The molecule has 1 saturated carbocycles. The van der Waals surface area contributed by atoms with Crippen molar-refractivity contribution in [3.8, 4) is 0 Å². The molecular weight excluding hydrogens is 520 g/mol. The van der Waals surface area contributed by atoms with Crippen molar-refractivity contribution >= 4 is 44.6 Å². The topological polar surface area (TPSA) is 210 Å². The molecule has 2 aliphatic rings. The highest BCUT2D eigenvalue weighted by Crippen LogP contribution is 2.32. The van der Waals surface area contributed by atoms with Crippen molar-refractivity contribution in [2.24, 2.45) is 0 Å². The number of ether oxygens (including phenoxy) is 1. The third-order valence-corrected chi connectivity index (χ3v) is 7.57. The summed E-state index contributed by atoms with van der Waals surface area (Å²) in [6.07, 6.45) is -1.27. The number of nitrogens with one attached hydrogen (secondary N) is 4. The molecule has 2 fully saturated rings. The van der Waals surface area contributed by atoms with Crippen molar-refractivity contribution in [2.45, 2.75) is 55.2 Å². The minimum absolute atomic E-state index is 0.0210. The van der Waals surface area contributed by atoms with Crippen molar-refractivity contribution < 1.29 is 33.0 Å². The van der Waals surface area contributed by atoms with E-state index >= 15 is 0 Å². The van der Waals surface area contributed by atoms with Gasteiger partial charge in [-0.3, -0.25) is 14.7 Å². The minimum atomic E-state index is -3.61. The number of carbonyl (C=O) groups excluding carboxylic acids is 2. The van der Waals surface area contributed by atoms with Gasteiger partial charge in [0.15, 0.2) is 29.3 Å². The number of aromatic nitrogens is 4. The van der Waals surface area contributed by atoms with E-state index in [4.69, 9.17) is 4.74 Å². The Balaban J connectivity index is 1.28. The van der Waals surface area contributed by atoms with Gasteiger partial charge in [0.05, 0.1) is 11.2 Å². The van der Waals surface area contributed by atoms with Crippen molar-refractivity contribution in [1.29, 1.82) is 0 Å². The lowest BCUT2D eigenvalue weighted by Gasteiger charge is -2.16. The van der Waals surface area contributed by atoms with Crippen LogP contribution in [-0.2, 0) is 19.6 Å². The normalized spacial score (nSPS) is 23.3. The quantitative estimate of drug-likeness (QED) is 0.217. The number of aliphatic hydroxyl groups is 2. The van der Waals surface area contributed by atoms with E-state index in [0.29, 0.717) is 12.2 Å². The monoisotopic (exact) mass is 546 g/mol. The summed E-state index contributed by atoms with van der Waals surface area (Å²) >= 11 is 0. The summed E-state index contributed by atoms with van der Waals surface area (Å²) in [6.45, 7) is 2.04. The molecule has 1 aliphatic carbocycles. The first-order valence-electron chi connectivity index (χ1n) is 11.8. The van der Waals surface area contributed by atoms with Gasteiger partial charge in [0.1, 0.15) is 18.5 Å². The fraction of sp³-hybridized carbons (Fsp3) is 0.409. The minimum Gasteiger partial charge on any atom is -0.387 e. The smallest absolute Gasteiger partial charge is 0.324 e. The molecule has 202 valence electrons. The number of likely N-dealkylation sites (N-methyl/N-ethyl adjacent to an activating group) is 1. The number of hydrogen-bond donors (Lipinski definition) is 6. The second-order valence-corrected chi connectivity index (χ2v) is 10.6. The van der Waals surface area contributed by atoms with Crippen LogP contribution in [0.2, 0.25) is 0 Å². The highest BCUT2D eigenvalue weighted by Gasteiger charge is 2.47. The number of fused-ring (bicyclic) bond motifs is 1. The molecule has 3 heterocycles. The molecule has 3 amide bonds. The zero-order valence-corrected chi connectivity index (χ0v) is 20.9. The molecule has 38 heavy (non-hydrogen) atoms. The summed E-state index contributed by atoms with van der Waals surface area (Å²) in [6, 6.07) is 5.00. The van der Waals surface area contributed by atoms with E-state index in [1.807, 2.05) is 0 Å². The maximum atomic E-state index is 12.6. The summed E-state index contributed by atoms with van der Waals surface area (Å²) in [7, 11) is -3.61. The zero-order chi connectivity index (χ0) is 27.0. The average molecular weight is 547 g/mol. The van der Waals surface area contributed by atoms with Crippen LogP contribution in [0.25, 0.3) is 11.2 Å². The van der Waals surface area contributed by atoms with Gasteiger partial charge in [-0.15, -0.1) is 0 Å². The molecule has 15 nitrogen and oxygen atoms in total. The first-order valence-corrected chi connectivity index (χ1v) is 13.3. The van der Waals surface area contributed by atoms with Crippen LogP contribution in [0, 0.1) is 0 Å². The number of urea groups is 1. The molecule has 4 atom stereocenters. The lowest BCUT2D eigenvalue weighted by Crippen LogP contribution is -2.42. The highest BCUT2D eigenvalue weighted by atomic mass is 32.2. The Morgan fingerprint density at radius 2 is 1.82 bits per heavy atom. The summed E-state index contributed by atoms with van der Waals surface area (Å²) < 4.78 is 34.1. The molecule has 0 radical (unpaired) electrons. The van der Waals surface area contributed by atoms with Gasteiger partial charge in [0.25, 0.3) is 5.91 Å². The molecular formula is C22H26N8O7S. The van der Waals surface area contributed by atoms with Gasteiger partial charge in [-0.05, 0) is 44.0 Å². The van der Waals surface area contributed by atoms with Crippen molar-refractivity contribution in [3.63, 3.8) is 0 Å². The molecule has 1 aliphatic heterocycles. The van der Waals surface area contributed by atoms with E-state index < -0.39 is 46.5 Å². The van der Waals surface area contributed by atoms with E-state index in [1.165, 1.54) is 41.5 Å². The van der Waals surface area contributed by atoms with Gasteiger partial charge in [-0.2, -0.15) is 0 Å². The summed E-state index contributed by atoms with van der Waals surface area (Å²) in [5.41, 5.74) is 0.694. The maximum Gasteiger partial charge on any atom is 0.324 e. The standard InChI is InChI=1S/C22H26N8O7S/c1-2-23-20(33)17-15(31)16(32)21(37-17)30-10-26-14-18(24-9-25-19(14)30)28-22(34)27-11-5-7-13(8-6-11)38(35,36)29-12-3-4-12/h5-10,12,15-17,21,29,31-32H,2-4H2,1H3,(H,23,33)(H2,24,25,27,28,34)/t15-,16+,17-,21+/m0/s1. The highest BCUT2D eigenvalue weighted by molar-refractivity contribution is 7.89. The number of anilines is 2. The van der Waals surface area contributed by atoms with Crippen LogP contribution >= 0.6 is 0 Å². The SMILES string of the molecule is CCNC(=O)[C@H]1O[C@@H](n2cnc3c(NC(=O)Nc4ccc(S(=O)(=O)NC5CC5)cc4)ncnc32)[C@H](O)[C@@H]1O. The summed E-state index contributed by atoms with van der Waals surface area (Å²) in [5.74, 6) is -0.517. The number of imidazole rings is 1. The van der Waals surface area contributed by atoms with E-state index in [-0.39, 0.29) is 27.9 Å². The van der Waals surface area contributed by atoms with Crippen LogP contribution in [0.3, 0.4) is 0 Å². The Labute approximate surface area is 216 Å². The van der Waals surface area contributed by atoms with Gasteiger partial charge in [-0.25, -0.2) is 32.9 Å². The van der Waals surface area contributed by atoms with Gasteiger partial charge >= 0.3 is 6.03 Å². The molecule has 3 aromatic rings. The number of aliphatic hydroxyl groups excluding tert-OH is 2. The Bertz CT molecular complexity index is 1460. The van der Waals surface area contributed by atoms with Crippen molar-refractivity contribution in [3.05, 3.63) is 36.9 Å². The van der Waals surface area contributed by atoms with Crippen LogP contribution in [-0.4, -0.2) is 81.0 Å². The van der Waals surface area contributed by atoms with Gasteiger partial charge in [-0.1, -0.05) is 0 Å². The number of hydrogen-bond acceptors (Lipinski definition) is 10. The molecule has 0 spiro atoms. The van der Waals surface area contributed by atoms with Gasteiger partial charge in [0, 0.05) is 18.3 Å². The largest absolute Gasteiger partial charge is 0.387 e. The lowest BCUT2D eigenvalue weighted by molar-refractivity contribution is -0.137. The number of rotatable bonds is 8. The van der Waals surface area contributed by atoms with E-state index in [2.05, 4.69) is 35.6 Å². The third kappa shape index (κ3) is 5.16. The first-order chi connectivity index (χ1) is 18.2. The number of carbonyl (C=O) groups is 2. The van der Waals surface area contributed by atoms with Crippen LogP contribution in [0.1, 0.15) is 26.0 Å². The Kier molecular flexibility index (Phi) is 6.97. The molecule has 0 unspecified atom stereocenters. The summed E-state index contributed by atoms with van der Waals surface area (Å²) in [4.78, 5) is 37.3. The number of sulfonamides is 1. The molecule has 1 saturated heterocycles. The molecule has 6 N–H and O–H groups in total. The third-order valence-electron chi connectivity index (χ3n) is 6.03. The zero-order valence-electron chi connectivity index (χ0n) is 20.1. The Morgan fingerprint density at radius 1 is 1.08 bits per heavy atom. The van der Waals surface area contributed by atoms with Crippen LogP contribution < -0.4 is 20.7 Å². The Morgan fingerprint density at radius 3 is 2.50 bits per heavy atom. The molecule has 5 rings (SSSR count). The van der Waals surface area contributed by atoms with Crippen molar-refractivity contribution in [2.75, 3.05) is 17.2 Å². The maximum absolute atomic E-state index is 12.6. The fourth-order valence-corrected chi connectivity index (χ4v) is 5.29. The van der Waals surface area contributed by atoms with E-state index in [1.54, 1.807) is 6.92 Å². The van der Waals surface area contributed by atoms with Crippen LogP contribution in [0.15, 0.2) is 41.8 Å². The molecule has 1 aromatic carbocycles. The number of nitrogens with zero attached hydrogens (tertiary/aromatic N) is 4. The predicted octanol–water partition coefficient (Wildman–Crippen LogP) is -0.334. The van der Waals surface area contributed by atoms with Gasteiger partial charge in [0.2, 0.25) is 10.0 Å². The molecule has 0 bridgehead atoms. The van der Waals surface area contributed by atoms with Gasteiger partial charge < -0.3 is 25.6 Å². The predicted molar refractivity (Wildman–Crippen MR) is 132 cm³/mol. The van der Waals surface area contributed by atoms with E-state index in [9.17, 15) is 28.2 Å². The second kappa shape index (κ2) is 10.2. The molecule has 16 heteroatoms. The second-order valence-electron chi connectivity index (χ2n) is 8.87. The number of amides is 3. The number of benzene rings is 1. The molecule has 2 aromatic heterocycles. The average Bonchev–Trinajstić information content (AvgIpc) is 3.49.